The molecule has 0 aliphatic carbocycles. The van der Waals surface area contributed by atoms with Gasteiger partial charge >= 0.3 is 0 Å². The van der Waals surface area contributed by atoms with Crippen LogP contribution in [0, 0.1) is 0 Å². The minimum absolute atomic E-state index is 0.319. The summed E-state index contributed by atoms with van der Waals surface area (Å²) in [5.41, 5.74) is 14.7. The molecular weight excluding hydrogens is 276 g/mol. The molecule has 0 spiro atoms. The average Bonchev–Trinajstić information content (AvgIpc) is 2.52. The minimum atomic E-state index is 0.319. The van der Waals surface area contributed by atoms with Crippen molar-refractivity contribution in [3.8, 4) is 0 Å². The summed E-state index contributed by atoms with van der Waals surface area (Å²) in [6, 6.07) is 6.12. The van der Waals surface area contributed by atoms with Gasteiger partial charge in [-0.25, -0.2) is 0 Å². The lowest BCUT2D eigenvalue weighted by Crippen LogP contribution is -2.54. The van der Waals surface area contributed by atoms with Crippen molar-refractivity contribution >= 4 is 17.1 Å². The number of nitrogen functional groups attached to an aromatic ring is 2. The number of likely N-dealkylation sites (tertiary alicyclic amines) is 1. The van der Waals surface area contributed by atoms with Gasteiger partial charge in [-0.3, -0.25) is 4.90 Å². The highest BCUT2D eigenvalue weighted by Gasteiger charge is 2.35. The van der Waals surface area contributed by atoms with Gasteiger partial charge in [0, 0.05) is 43.6 Å². The highest BCUT2D eigenvalue weighted by Crippen LogP contribution is 2.31. The molecule has 0 atom stereocenters. The second-order valence-corrected chi connectivity index (χ2v) is 6.86. The smallest absolute Gasteiger partial charge is 0.0596 e. The van der Waals surface area contributed by atoms with E-state index in [-0.39, 0.29) is 0 Å². The molecule has 2 aliphatic rings. The summed E-state index contributed by atoms with van der Waals surface area (Å²) in [4.78, 5) is 2.65. The molecule has 3 rings (SSSR count). The zero-order valence-corrected chi connectivity index (χ0v) is 13.5. The number of rotatable bonds is 3. The van der Waals surface area contributed by atoms with Gasteiger partial charge in [0.25, 0.3) is 0 Å². The lowest BCUT2D eigenvalue weighted by Gasteiger charge is -2.47. The highest BCUT2D eigenvalue weighted by atomic mass is 16.5. The summed E-state index contributed by atoms with van der Waals surface area (Å²) in [6.07, 6.45) is 4.58. The normalized spacial score (nSPS) is 23.3. The molecule has 0 saturated carbocycles. The van der Waals surface area contributed by atoms with Crippen molar-refractivity contribution in [1.82, 2.24) is 4.90 Å². The average molecular weight is 304 g/mol. The maximum atomic E-state index is 6.03. The second-order valence-electron chi connectivity index (χ2n) is 6.86. The van der Waals surface area contributed by atoms with Gasteiger partial charge in [0.1, 0.15) is 0 Å². The molecular formula is C17H28N4O. The number of nitrogens with zero attached hydrogens (tertiary/aromatic N) is 1. The lowest BCUT2D eigenvalue weighted by molar-refractivity contribution is -0.0273. The molecule has 2 heterocycles. The topological polar surface area (TPSA) is 76.5 Å². The number of nitrogens with one attached hydrogen (secondary N) is 1. The highest BCUT2D eigenvalue weighted by molar-refractivity contribution is 5.71. The number of benzene rings is 1. The van der Waals surface area contributed by atoms with Crippen molar-refractivity contribution < 1.29 is 4.74 Å². The summed E-state index contributed by atoms with van der Waals surface area (Å²) < 4.78 is 5.52. The molecule has 22 heavy (non-hydrogen) atoms. The molecule has 5 N–H and O–H groups in total. The van der Waals surface area contributed by atoms with E-state index >= 15 is 0 Å². The van der Waals surface area contributed by atoms with E-state index in [1.54, 1.807) is 0 Å². The van der Waals surface area contributed by atoms with Crippen molar-refractivity contribution in [3.05, 3.63) is 18.2 Å². The Morgan fingerprint density at radius 2 is 1.86 bits per heavy atom. The fourth-order valence-corrected chi connectivity index (χ4v) is 3.61. The molecule has 1 aromatic carbocycles. The maximum Gasteiger partial charge on any atom is 0.0596 e. The van der Waals surface area contributed by atoms with Crippen molar-refractivity contribution in [2.24, 2.45) is 0 Å². The van der Waals surface area contributed by atoms with E-state index in [4.69, 9.17) is 16.2 Å². The van der Waals surface area contributed by atoms with E-state index in [9.17, 15) is 0 Å². The predicted molar refractivity (Wildman–Crippen MR) is 91.9 cm³/mol. The van der Waals surface area contributed by atoms with Gasteiger partial charge in [0.15, 0.2) is 0 Å². The monoisotopic (exact) mass is 304 g/mol. The molecule has 0 aromatic heterocycles. The summed E-state index contributed by atoms with van der Waals surface area (Å²) in [5, 5.41) is 3.57. The van der Waals surface area contributed by atoms with Gasteiger partial charge in [0.05, 0.1) is 11.4 Å². The van der Waals surface area contributed by atoms with Gasteiger partial charge in [-0.2, -0.15) is 0 Å². The largest absolute Gasteiger partial charge is 0.399 e. The first-order chi connectivity index (χ1) is 10.6. The van der Waals surface area contributed by atoms with Gasteiger partial charge in [-0.15, -0.1) is 0 Å². The zero-order valence-electron chi connectivity index (χ0n) is 13.5. The quantitative estimate of drug-likeness (QED) is 0.747. The Labute approximate surface area is 133 Å². The van der Waals surface area contributed by atoms with Crippen LogP contribution in [-0.2, 0) is 4.74 Å². The van der Waals surface area contributed by atoms with Crippen LogP contribution in [0.4, 0.5) is 17.1 Å². The molecule has 0 unspecified atom stereocenters. The van der Waals surface area contributed by atoms with Crippen molar-refractivity contribution in [2.75, 3.05) is 43.1 Å². The Kier molecular flexibility index (Phi) is 4.45. The van der Waals surface area contributed by atoms with E-state index in [1.807, 2.05) is 18.2 Å². The zero-order chi connectivity index (χ0) is 15.6. The molecule has 2 saturated heterocycles. The van der Waals surface area contributed by atoms with Gasteiger partial charge in [-0.05, 0) is 50.8 Å². The predicted octanol–water partition coefficient (Wildman–Crippen LogP) is 2.30. The molecule has 0 amide bonds. The van der Waals surface area contributed by atoms with E-state index in [1.165, 1.54) is 0 Å². The van der Waals surface area contributed by atoms with Gasteiger partial charge < -0.3 is 21.5 Å². The number of hydrogen-bond acceptors (Lipinski definition) is 5. The summed E-state index contributed by atoms with van der Waals surface area (Å²) >= 11 is 0. The van der Waals surface area contributed by atoms with E-state index in [0.717, 1.165) is 69.0 Å². The molecule has 5 nitrogen and oxygen atoms in total. The number of anilines is 3. The van der Waals surface area contributed by atoms with Crippen LogP contribution in [0.1, 0.15) is 32.6 Å². The van der Waals surface area contributed by atoms with Crippen LogP contribution in [0.2, 0.25) is 0 Å². The third-order valence-corrected chi connectivity index (χ3v) is 5.27. The molecule has 2 fully saturated rings. The third-order valence-electron chi connectivity index (χ3n) is 5.27. The molecule has 122 valence electrons. The van der Waals surface area contributed by atoms with Crippen LogP contribution < -0.4 is 16.8 Å². The van der Waals surface area contributed by atoms with E-state index in [0.29, 0.717) is 11.6 Å². The number of nitrogens with two attached hydrogens (primary N) is 2. The van der Waals surface area contributed by atoms with E-state index < -0.39 is 0 Å². The number of ether oxygens (including phenoxy) is 1. The van der Waals surface area contributed by atoms with Gasteiger partial charge in [-0.1, -0.05) is 0 Å². The maximum absolute atomic E-state index is 6.03. The number of piperidine rings is 1. The first kappa shape index (κ1) is 15.4. The fraction of sp³-hybridized carbons (Fsp3) is 0.647. The van der Waals surface area contributed by atoms with Crippen LogP contribution in [0.5, 0.6) is 0 Å². The SMILES string of the molecule is CC1(N2CCC(Nc3cc(N)ccc3N)CC2)CCOCC1. The summed E-state index contributed by atoms with van der Waals surface area (Å²) in [7, 11) is 0. The Balaban J connectivity index is 1.56. The molecule has 0 radical (unpaired) electrons. The van der Waals surface area contributed by atoms with Gasteiger partial charge in [0.2, 0.25) is 0 Å². The van der Waals surface area contributed by atoms with Crippen LogP contribution in [-0.4, -0.2) is 42.8 Å². The lowest BCUT2D eigenvalue weighted by atomic mass is 9.87. The summed E-state index contributed by atoms with van der Waals surface area (Å²) in [6.45, 7) is 6.45. The number of hydrogen-bond donors (Lipinski definition) is 3. The summed E-state index contributed by atoms with van der Waals surface area (Å²) in [5.74, 6) is 0. The Morgan fingerprint density at radius 3 is 2.55 bits per heavy atom. The second kappa shape index (κ2) is 6.34. The fourth-order valence-electron chi connectivity index (χ4n) is 3.61. The Morgan fingerprint density at radius 1 is 1.18 bits per heavy atom. The molecule has 5 heteroatoms. The minimum Gasteiger partial charge on any atom is -0.399 e. The Hall–Kier alpha value is -1.46. The molecule has 0 bridgehead atoms. The molecule has 2 aliphatic heterocycles. The van der Waals surface area contributed by atoms with Crippen LogP contribution in [0.15, 0.2) is 18.2 Å². The van der Waals surface area contributed by atoms with Crippen molar-refractivity contribution in [2.45, 2.75) is 44.2 Å². The van der Waals surface area contributed by atoms with Crippen LogP contribution in [0.3, 0.4) is 0 Å². The van der Waals surface area contributed by atoms with Crippen LogP contribution in [0.25, 0.3) is 0 Å². The first-order valence-electron chi connectivity index (χ1n) is 8.31. The van der Waals surface area contributed by atoms with Crippen LogP contribution >= 0.6 is 0 Å². The first-order valence-corrected chi connectivity index (χ1v) is 8.31. The standard InChI is InChI=1S/C17H28N4O/c1-17(6-10-22-11-7-17)21-8-4-14(5-9-21)20-16-12-13(18)2-3-15(16)19/h2-3,12,14,20H,4-11,18-19H2,1H3. The van der Waals surface area contributed by atoms with Crippen molar-refractivity contribution in [1.29, 1.82) is 0 Å². The molecule has 1 aromatic rings. The van der Waals surface area contributed by atoms with E-state index in [2.05, 4.69) is 17.1 Å². The van der Waals surface area contributed by atoms with Crippen molar-refractivity contribution in [3.63, 3.8) is 0 Å². The third kappa shape index (κ3) is 3.31. The Bertz CT molecular complexity index is 505.